The van der Waals surface area contributed by atoms with Crippen LogP contribution >= 0.6 is 0 Å². The van der Waals surface area contributed by atoms with E-state index in [1.54, 1.807) is 30.3 Å². The van der Waals surface area contributed by atoms with Crippen molar-refractivity contribution in [3.63, 3.8) is 0 Å². The molecule has 0 spiro atoms. The Morgan fingerprint density at radius 1 is 1.29 bits per heavy atom. The summed E-state index contributed by atoms with van der Waals surface area (Å²) in [6.07, 6.45) is 3.24. The summed E-state index contributed by atoms with van der Waals surface area (Å²) in [6, 6.07) is 13.4. The van der Waals surface area contributed by atoms with Crippen molar-refractivity contribution in [3.8, 4) is 11.8 Å². The third kappa shape index (κ3) is 6.69. The van der Waals surface area contributed by atoms with Gasteiger partial charge < -0.3 is 9.64 Å². The fourth-order valence-electron chi connectivity index (χ4n) is 3.24. The van der Waals surface area contributed by atoms with Crippen LogP contribution in [0.2, 0.25) is 0 Å². The molecule has 0 heterocycles. The molecule has 0 atom stereocenters. The minimum Gasteiger partial charge on any atom is -0.435 e. The zero-order chi connectivity index (χ0) is 22.6. The van der Waals surface area contributed by atoms with E-state index in [0.717, 1.165) is 24.7 Å². The van der Waals surface area contributed by atoms with Gasteiger partial charge in [0, 0.05) is 36.1 Å². The summed E-state index contributed by atoms with van der Waals surface area (Å²) < 4.78 is 55.3. The monoisotopic (exact) mass is 447 g/mol. The molecule has 6 nitrogen and oxygen atoms in total. The summed E-state index contributed by atoms with van der Waals surface area (Å²) in [5.41, 5.74) is 2.72. The van der Waals surface area contributed by atoms with E-state index >= 15 is 0 Å². The third-order valence-electron chi connectivity index (χ3n) is 4.80. The number of nitrogens with zero attached hydrogens (tertiary/aromatic N) is 2. The second-order valence-corrected chi connectivity index (χ2v) is 9.29. The molecule has 1 aliphatic carbocycles. The van der Waals surface area contributed by atoms with E-state index in [2.05, 4.69) is 16.0 Å². The Balaban J connectivity index is 1.92. The standard InChI is InChI=1S/C22H23F2N3O3S/c1-15(12-25)20-10-9-19(30-22(23)24)11-21(20)27(13-16-3-4-16)14-17-5-7-18(8-6-17)26-31(2,28)29/h5-11,16,22,26H,1,3-4,13-14H2,2H3. The Bertz CT molecular complexity index is 1090. The molecule has 0 aliphatic heterocycles. The largest absolute Gasteiger partial charge is 0.435 e. The summed E-state index contributed by atoms with van der Waals surface area (Å²) >= 11 is 0. The molecule has 3 rings (SSSR count). The molecule has 0 aromatic heterocycles. The third-order valence-corrected chi connectivity index (χ3v) is 5.41. The molecule has 1 saturated carbocycles. The first kappa shape index (κ1) is 22.6. The maximum Gasteiger partial charge on any atom is 0.387 e. The number of hydrogen-bond acceptors (Lipinski definition) is 5. The Hall–Kier alpha value is -3.12. The van der Waals surface area contributed by atoms with Gasteiger partial charge in [0.1, 0.15) is 5.75 Å². The molecular formula is C22H23F2N3O3S. The number of nitriles is 1. The van der Waals surface area contributed by atoms with Crippen molar-refractivity contribution in [2.24, 2.45) is 5.92 Å². The molecule has 164 valence electrons. The van der Waals surface area contributed by atoms with Gasteiger partial charge in [0.25, 0.3) is 0 Å². The van der Waals surface area contributed by atoms with Crippen molar-refractivity contribution in [1.82, 2.24) is 0 Å². The van der Waals surface area contributed by atoms with Crippen LogP contribution < -0.4 is 14.4 Å². The van der Waals surface area contributed by atoms with Crippen LogP contribution in [-0.4, -0.2) is 27.8 Å². The van der Waals surface area contributed by atoms with E-state index in [9.17, 15) is 22.5 Å². The van der Waals surface area contributed by atoms with Crippen LogP contribution in [0.25, 0.3) is 5.57 Å². The maximum absolute atomic E-state index is 12.7. The molecule has 0 saturated heterocycles. The van der Waals surface area contributed by atoms with Gasteiger partial charge in [-0.05, 0) is 48.6 Å². The van der Waals surface area contributed by atoms with E-state index in [-0.39, 0.29) is 11.3 Å². The van der Waals surface area contributed by atoms with Crippen LogP contribution in [0.15, 0.2) is 49.0 Å². The highest BCUT2D eigenvalue weighted by molar-refractivity contribution is 7.92. The molecule has 31 heavy (non-hydrogen) atoms. The maximum atomic E-state index is 12.7. The van der Waals surface area contributed by atoms with Crippen molar-refractivity contribution in [2.45, 2.75) is 26.0 Å². The number of nitrogens with one attached hydrogen (secondary N) is 1. The highest BCUT2D eigenvalue weighted by atomic mass is 32.2. The lowest BCUT2D eigenvalue weighted by molar-refractivity contribution is -0.0498. The van der Waals surface area contributed by atoms with Crippen molar-refractivity contribution in [3.05, 3.63) is 60.2 Å². The molecule has 0 radical (unpaired) electrons. The SMILES string of the molecule is C=C(C#N)c1ccc(OC(F)F)cc1N(Cc1ccc(NS(C)(=O)=O)cc1)CC1CC1. The number of allylic oxidation sites excluding steroid dienone is 1. The van der Waals surface area contributed by atoms with Gasteiger partial charge in [-0.15, -0.1) is 0 Å². The van der Waals surface area contributed by atoms with Crippen molar-refractivity contribution in [2.75, 3.05) is 22.4 Å². The average molecular weight is 448 g/mol. The van der Waals surface area contributed by atoms with E-state index < -0.39 is 16.6 Å². The number of benzene rings is 2. The predicted molar refractivity (Wildman–Crippen MR) is 116 cm³/mol. The Morgan fingerprint density at radius 2 is 1.97 bits per heavy atom. The van der Waals surface area contributed by atoms with Crippen LogP contribution in [0.3, 0.4) is 0 Å². The van der Waals surface area contributed by atoms with Gasteiger partial charge in [0.05, 0.1) is 17.9 Å². The molecule has 2 aromatic rings. The predicted octanol–water partition coefficient (Wildman–Crippen LogP) is 4.61. The lowest BCUT2D eigenvalue weighted by Crippen LogP contribution is -2.26. The minimum absolute atomic E-state index is 0.00740. The van der Waals surface area contributed by atoms with E-state index in [4.69, 9.17) is 0 Å². The van der Waals surface area contributed by atoms with E-state index in [1.807, 2.05) is 11.0 Å². The van der Waals surface area contributed by atoms with Gasteiger partial charge in [-0.2, -0.15) is 14.0 Å². The fourth-order valence-corrected chi connectivity index (χ4v) is 3.80. The molecule has 1 fully saturated rings. The number of anilines is 2. The Morgan fingerprint density at radius 3 is 2.52 bits per heavy atom. The van der Waals surface area contributed by atoms with E-state index in [0.29, 0.717) is 35.9 Å². The fraction of sp³-hybridized carbons (Fsp3) is 0.318. The van der Waals surface area contributed by atoms with Gasteiger partial charge in [0.2, 0.25) is 10.0 Å². The number of rotatable bonds is 10. The summed E-state index contributed by atoms with van der Waals surface area (Å²) in [4.78, 5) is 2.02. The summed E-state index contributed by atoms with van der Waals surface area (Å²) in [6.45, 7) is 1.96. The van der Waals surface area contributed by atoms with Crippen LogP contribution in [-0.2, 0) is 16.6 Å². The van der Waals surface area contributed by atoms with Gasteiger partial charge in [-0.1, -0.05) is 18.7 Å². The lowest BCUT2D eigenvalue weighted by Gasteiger charge is -2.28. The second-order valence-electron chi connectivity index (χ2n) is 7.54. The van der Waals surface area contributed by atoms with Gasteiger partial charge in [-0.3, -0.25) is 4.72 Å². The molecule has 0 unspecified atom stereocenters. The molecular weight excluding hydrogens is 424 g/mol. The number of sulfonamides is 1. The number of hydrogen-bond donors (Lipinski definition) is 1. The first-order valence-electron chi connectivity index (χ1n) is 9.64. The molecule has 1 N–H and O–H groups in total. The van der Waals surface area contributed by atoms with Crippen LogP contribution in [0.1, 0.15) is 24.0 Å². The molecule has 0 amide bonds. The summed E-state index contributed by atoms with van der Waals surface area (Å²) in [5.74, 6) is 0.488. The first-order chi connectivity index (χ1) is 14.6. The van der Waals surface area contributed by atoms with Crippen LogP contribution in [0.5, 0.6) is 5.75 Å². The second kappa shape index (κ2) is 9.35. The highest BCUT2D eigenvalue weighted by Gasteiger charge is 2.26. The number of halogens is 2. The zero-order valence-electron chi connectivity index (χ0n) is 17.0. The quantitative estimate of drug-likeness (QED) is 0.538. The topological polar surface area (TPSA) is 82.4 Å². The summed E-state index contributed by atoms with van der Waals surface area (Å²) in [7, 11) is -3.37. The Kier molecular flexibility index (Phi) is 6.81. The normalized spacial score (nSPS) is 13.5. The minimum atomic E-state index is -3.37. The molecule has 0 bridgehead atoms. The first-order valence-corrected chi connectivity index (χ1v) is 11.5. The van der Waals surface area contributed by atoms with Gasteiger partial charge in [0.15, 0.2) is 0 Å². The molecule has 1 aliphatic rings. The van der Waals surface area contributed by atoms with Gasteiger partial charge in [-0.25, -0.2) is 8.42 Å². The van der Waals surface area contributed by atoms with Crippen molar-refractivity contribution >= 4 is 27.0 Å². The van der Waals surface area contributed by atoms with Gasteiger partial charge >= 0.3 is 6.61 Å². The molecule has 9 heteroatoms. The lowest BCUT2D eigenvalue weighted by atomic mass is 10.0. The number of ether oxygens (including phenoxy) is 1. The smallest absolute Gasteiger partial charge is 0.387 e. The molecule has 2 aromatic carbocycles. The summed E-state index contributed by atoms with van der Waals surface area (Å²) in [5, 5.41) is 9.34. The van der Waals surface area contributed by atoms with E-state index in [1.165, 1.54) is 12.1 Å². The van der Waals surface area contributed by atoms with Crippen LogP contribution in [0.4, 0.5) is 20.2 Å². The Labute approximate surface area is 180 Å². The highest BCUT2D eigenvalue weighted by Crippen LogP contribution is 2.37. The number of alkyl halides is 2. The van der Waals surface area contributed by atoms with Crippen LogP contribution in [0, 0.1) is 17.2 Å². The average Bonchev–Trinajstić information content (AvgIpc) is 3.51. The van der Waals surface area contributed by atoms with Crippen molar-refractivity contribution < 1.29 is 21.9 Å². The zero-order valence-corrected chi connectivity index (χ0v) is 17.8. The van der Waals surface area contributed by atoms with Crippen molar-refractivity contribution in [1.29, 1.82) is 5.26 Å².